The highest BCUT2D eigenvalue weighted by Gasteiger charge is 2.44. The van der Waals surface area contributed by atoms with Gasteiger partial charge >= 0.3 is 0 Å². The standard InChI is InChI=1S/C20H24F2N4O3/c1-10-3-4-17(11(2)23-10)29-18-6-13-9-26(8-12(13)5-16(18)27)20(28)15-7-14(19(21)22)24-25-15/h3-4,7,12-13,16,18-19,27H,5-6,8-9H2,1-2H3,(H,24,25)/t12-,13+,16+,18+/m0/s1. The first-order chi connectivity index (χ1) is 13.8. The van der Waals surface area contributed by atoms with Gasteiger partial charge < -0.3 is 14.7 Å². The predicted molar refractivity (Wildman–Crippen MR) is 99.8 cm³/mol. The number of H-pyrrole nitrogens is 1. The molecular weight excluding hydrogens is 382 g/mol. The molecule has 2 aliphatic rings. The Morgan fingerprint density at radius 2 is 2.00 bits per heavy atom. The number of likely N-dealkylation sites (tertiary alicyclic amines) is 1. The van der Waals surface area contributed by atoms with Gasteiger partial charge in [0.1, 0.15) is 17.5 Å². The number of aromatic nitrogens is 3. The van der Waals surface area contributed by atoms with Crippen molar-refractivity contribution in [3.8, 4) is 5.75 Å². The minimum absolute atomic E-state index is 0.00588. The number of alkyl halides is 2. The number of amides is 1. The van der Waals surface area contributed by atoms with Gasteiger partial charge in [-0.2, -0.15) is 5.10 Å². The molecule has 1 aliphatic heterocycles. The van der Waals surface area contributed by atoms with Crippen LogP contribution in [0.1, 0.15) is 46.8 Å². The molecule has 3 heterocycles. The number of halogens is 2. The number of nitrogens with zero attached hydrogens (tertiary/aromatic N) is 3. The van der Waals surface area contributed by atoms with E-state index in [1.54, 1.807) is 4.90 Å². The molecule has 7 nitrogen and oxygen atoms in total. The molecule has 1 saturated carbocycles. The van der Waals surface area contributed by atoms with Crippen LogP contribution in [0.3, 0.4) is 0 Å². The van der Waals surface area contributed by atoms with Gasteiger partial charge in [0.05, 0.1) is 11.8 Å². The maximum atomic E-state index is 12.7. The van der Waals surface area contributed by atoms with Gasteiger partial charge in [0, 0.05) is 18.8 Å². The monoisotopic (exact) mass is 406 g/mol. The minimum atomic E-state index is -2.70. The summed E-state index contributed by atoms with van der Waals surface area (Å²) < 4.78 is 31.5. The number of fused-ring (bicyclic) bond motifs is 1. The van der Waals surface area contributed by atoms with Crippen molar-refractivity contribution in [3.63, 3.8) is 0 Å². The fourth-order valence-corrected chi connectivity index (χ4v) is 4.36. The largest absolute Gasteiger partial charge is 0.486 e. The molecule has 0 aromatic carbocycles. The number of hydrogen-bond acceptors (Lipinski definition) is 5. The van der Waals surface area contributed by atoms with Crippen LogP contribution in [-0.2, 0) is 0 Å². The third-order valence-corrected chi connectivity index (χ3v) is 5.88. The lowest BCUT2D eigenvalue weighted by molar-refractivity contribution is -0.0236. The van der Waals surface area contributed by atoms with Gasteiger partial charge in [0.2, 0.25) is 0 Å². The van der Waals surface area contributed by atoms with E-state index in [1.165, 1.54) is 0 Å². The van der Waals surface area contributed by atoms with Crippen molar-refractivity contribution >= 4 is 5.91 Å². The van der Waals surface area contributed by atoms with Crippen LogP contribution in [0.2, 0.25) is 0 Å². The van der Waals surface area contributed by atoms with Crippen molar-refractivity contribution in [1.82, 2.24) is 20.1 Å². The van der Waals surface area contributed by atoms with Crippen molar-refractivity contribution in [3.05, 3.63) is 41.0 Å². The van der Waals surface area contributed by atoms with Crippen molar-refractivity contribution < 1.29 is 23.4 Å². The molecule has 4 atom stereocenters. The van der Waals surface area contributed by atoms with Crippen molar-refractivity contribution in [2.75, 3.05) is 13.1 Å². The van der Waals surface area contributed by atoms with Gasteiger partial charge in [-0.05, 0) is 56.7 Å². The van der Waals surface area contributed by atoms with Crippen LogP contribution >= 0.6 is 0 Å². The average molecular weight is 406 g/mol. The number of aryl methyl sites for hydroxylation is 2. The zero-order valence-corrected chi connectivity index (χ0v) is 16.3. The van der Waals surface area contributed by atoms with E-state index >= 15 is 0 Å². The minimum Gasteiger partial charge on any atom is -0.486 e. The van der Waals surface area contributed by atoms with E-state index in [0.29, 0.717) is 31.7 Å². The second-order valence-corrected chi connectivity index (χ2v) is 7.97. The summed E-state index contributed by atoms with van der Waals surface area (Å²) in [6.07, 6.45) is -2.56. The predicted octanol–water partition coefficient (Wildman–Crippen LogP) is 2.65. The van der Waals surface area contributed by atoms with E-state index < -0.39 is 12.5 Å². The fraction of sp³-hybridized carbons (Fsp3) is 0.550. The second-order valence-electron chi connectivity index (χ2n) is 7.97. The van der Waals surface area contributed by atoms with Crippen LogP contribution in [0.15, 0.2) is 18.2 Å². The Morgan fingerprint density at radius 3 is 2.66 bits per heavy atom. The molecule has 156 valence electrons. The summed E-state index contributed by atoms with van der Waals surface area (Å²) in [5.74, 6) is 0.618. The summed E-state index contributed by atoms with van der Waals surface area (Å²) >= 11 is 0. The topological polar surface area (TPSA) is 91.3 Å². The van der Waals surface area contributed by atoms with E-state index in [4.69, 9.17) is 4.74 Å². The van der Waals surface area contributed by atoms with Gasteiger partial charge in [-0.3, -0.25) is 14.9 Å². The van der Waals surface area contributed by atoms with Crippen molar-refractivity contribution in [2.24, 2.45) is 11.8 Å². The fourth-order valence-electron chi connectivity index (χ4n) is 4.36. The molecular formula is C20H24F2N4O3. The van der Waals surface area contributed by atoms with Gasteiger partial charge in [-0.1, -0.05) is 0 Å². The highest BCUT2D eigenvalue weighted by Crippen LogP contribution is 2.38. The maximum absolute atomic E-state index is 12.7. The number of hydrogen-bond donors (Lipinski definition) is 2. The lowest BCUT2D eigenvalue weighted by atomic mass is 9.78. The van der Waals surface area contributed by atoms with E-state index in [1.807, 2.05) is 26.0 Å². The van der Waals surface area contributed by atoms with Crippen LogP contribution in [-0.4, -0.2) is 56.4 Å². The number of aromatic amines is 1. The molecule has 2 N–H and O–H groups in total. The Morgan fingerprint density at radius 1 is 1.28 bits per heavy atom. The molecule has 2 aromatic rings. The number of pyridine rings is 1. The first-order valence-corrected chi connectivity index (χ1v) is 9.73. The molecule has 0 radical (unpaired) electrons. The Hall–Kier alpha value is -2.55. The van der Waals surface area contributed by atoms with E-state index in [2.05, 4.69) is 15.2 Å². The molecule has 1 amide bonds. The number of aliphatic hydroxyl groups excluding tert-OH is 1. The van der Waals surface area contributed by atoms with E-state index in [-0.39, 0.29) is 35.2 Å². The van der Waals surface area contributed by atoms with E-state index in [9.17, 15) is 18.7 Å². The molecule has 9 heteroatoms. The van der Waals surface area contributed by atoms with E-state index in [0.717, 1.165) is 17.5 Å². The Bertz CT molecular complexity index is 904. The SMILES string of the molecule is Cc1ccc(O[C@@H]2C[C@@H]3CN(C(=O)c4cc(C(F)F)[nH]n4)C[C@@H]3C[C@H]2O)c(C)n1. The summed E-state index contributed by atoms with van der Waals surface area (Å²) in [4.78, 5) is 18.7. The Labute approximate surface area is 167 Å². The molecule has 0 unspecified atom stereocenters. The number of ether oxygens (including phenoxy) is 1. The molecule has 0 spiro atoms. The van der Waals surface area contributed by atoms with Gasteiger partial charge in [0.15, 0.2) is 5.69 Å². The number of carbonyl (C=O) groups excluding carboxylic acids is 1. The molecule has 29 heavy (non-hydrogen) atoms. The molecule has 2 fully saturated rings. The Balaban J connectivity index is 1.42. The van der Waals surface area contributed by atoms with Gasteiger partial charge in [-0.25, -0.2) is 8.78 Å². The second kappa shape index (κ2) is 7.70. The van der Waals surface area contributed by atoms with Crippen LogP contribution in [0.5, 0.6) is 5.75 Å². The third-order valence-electron chi connectivity index (χ3n) is 5.88. The normalized spacial score (nSPS) is 26.6. The number of carbonyl (C=O) groups is 1. The first kappa shape index (κ1) is 19.8. The maximum Gasteiger partial charge on any atom is 0.279 e. The quantitative estimate of drug-likeness (QED) is 0.815. The van der Waals surface area contributed by atoms with Crippen LogP contribution < -0.4 is 4.74 Å². The zero-order valence-electron chi connectivity index (χ0n) is 16.3. The summed E-state index contributed by atoms with van der Waals surface area (Å²) in [6.45, 7) is 4.76. The summed E-state index contributed by atoms with van der Waals surface area (Å²) in [7, 11) is 0. The van der Waals surface area contributed by atoms with Crippen molar-refractivity contribution in [1.29, 1.82) is 0 Å². The number of nitrogens with one attached hydrogen (secondary N) is 1. The number of rotatable bonds is 4. The summed E-state index contributed by atoms with van der Waals surface area (Å²) in [5, 5.41) is 16.5. The molecule has 2 aromatic heterocycles. The third kappa shape index (κ3) is 3.96. The summed E-state index contributed by atoms with van der Waals surface area (Å²) in [6, 6.07) is 4.83. The molecule has 0 bridgehead atoms. The van der Waals surface area contributed by atoms with Gasteiger partial charge in [0.25, 0.3) is 12.3 Å². The molecule has 4 rings (SSSR count). The van der Waals surface area contributed by atoms with Crippen molar-refractivity contribution in [2.45, 2.75) is 45.3 Å². The summed E-state index contributed by atoms with van der Waals surface area (Å²) in [5.41, 5.74) is 1.30. The van der Waals surface area contributed by atoms with Crippen LogP contribution in [0, 0.1) is 25.7 Å². The lowest BCUT2D eigenvalue weighted by Crippen LogP contribution is -2.42. The van der Waals surface area contributed by atoms with Gasteiger partial charge in [-0.15, -0.1) is 0 Å². The average Bonchev–Trinajstić information content (AvgIpc) is 3.30. The smallest absolute Gasteiger partial charge is 0.279 e. The highest BCUT2D eigenvalue weighted by atomic mass is 19.3. The lowest BCUT2D eigenvalue weighted by Gasteiger charge is -2.35. The van der Waals surface area contributed by atoms with Crippen LogP contribution in [0.4, 0.5) is 8.78 Å². The highest BCUT2D eigenvalue weighted by molar-refractivity contribution is 5.92. The zero-order chi connectivity index (χ0) is 20.7. The number of aliphatic hydroxyl groups is 1. The molecule has 1 aliphatic carbocycles. The Kier molecular flexibility index (Phi) is 5.24. The first-order valence-electron chi connectivity index (χ1n) is 9.73. The van der Waals surface area contributed by atoms with Crippen LogP contribution in [0.25, 0.3) is 0 Å². The molecule has 1 saturated heterocycles.